The fourth-order valence-corrected chi connectivity index (χ4v) is 3.80. The number of hydrogen-bond donors (Lipinski definition) is 0. The summed E-state index contributed by atoms with van der Waals surface area (Å²) >= 11 is 10.7. The Morgan fingerprint density at radius 2 is 1.86 bits per heavy atom. The number of hydrogen-bond acceptors (Lipinski definition) is 3. The van der Waals surface area contributed by atoms with Crippen molar-refractivity contribution in [1.82, 2.24) is 9.38 Å². The van der Waals surface area contributed by atoms with Gasteiger partial charge >= 0.3 is 0 Å². The van der Waals surface area contributed by atoms with Gasteiger partial charge in [0.2, 0.25) is 5.88 Å². The number of aromatic nitrogens is 2. The molecule has 1 aromatic carbocycles. The van der Waals surface area contributed by atoms with E-state index in [2.05, 4.69) is 52.8 Å². The molecular formula is C14H11Br3N2O2. The van der Waals surface area contributed by atoms with Crippen molar-refractivity contribution in [3.05, 3.63) is 31.7 Å². The summed E-state index contributed by atoms with van der Waals surface area (Å²) in [6, 6.07) is 3.88. The molecule has 3 rings (SSSR count). The van der Waals surface area contributed by atoms with Crippen molar-refractivity contribution in [1.29, 1.82) is 0 Å². The third-order valence-corrected chi connectivity index (χ3v) is 6.00. The summed E-state index contributed by atoms with van der Waals surface area (Å²) < 4.78 is 15.8. The van der Waals surface area contributed by atoms with E-state index in [1.54, 1.807) is 7.11 Å². The highest BCUT2D eigenvalue weighted by Gasteiger charge is 2.19. The average Bonchev–Trinajstić information content (AvgIpc) is 2.73. The molecule has 0 N–H and O–H groups in total. The summed E-state index contributed by atoms with van der Waals surface area (Å²) in [6.07, 6.45) is 1.81. The Balaban J connectivity index is 2.48. The number of halogens is 3. The van der Waals surface area contributed by atoms with Crippen LogP contribution < -0.4 is 9.47 Å². The SMILES string of the molecule is CCOc1c(Br)c(Br)c2cnc3c(Br)c(OC)ccc3n12. The fraction of sp³-hybridized carbons (Fsp3) is 0.214. The van der Waals surface area contributed by atoms with Gasteiger partial charge in [0.15, 0.2) is 0 Å². The van der Waals surface area contributed by atoms with Gasteiger partial charge in [-0.05, 0) is 66.8 Å². The molecule has 0 aliphatic carbocycles. The second-order valence-corrected chi connectivity index (χ2v) is 6.67. The van der Waals surface area contributed by atoms with Gasteiger partial charge in [-0.3, -0.25) is 9.38 Å². The maximum atomic E-state index is 5.79. The minimum atomic E-state index is 0.582. The van der Waals surface area contributed by atoms with Crippen molar-refractivity contribution in [2.45, 2.75) is 6.92 Å². The number of nitrogens with zero attached hydrogens (tertiary/aromatic N) is 2. The van der Waals surface area contributed by atoms with E-state index in [4.69, 9.17) is 9.47 Å². The molecule has 0 bridgehead atoms. The summed E-state index contributed by atoms with van der Waals surface area (Å²) in [6.45, 7) is 2.54. The van der Waals surface area contributed by atoms with Crippen molar-refractivity contribution in [2.24, 2.45) is 0 Å². The van der Waals surface area contributed by atoms with Gasteiger partial charge in [-0.25, -0.2) is 0 Å². The number of ether oxygens (including phenoxy) is 2. The van der Waals surface area contributed by atoms with Crippen LogP contribution in [0.1, 0.15) is 6.92 Å². The molecule has 3 aromatic rings. The smallest absolute Gasteiger partial charge is 0.214 e. The van der Waals surface area contributed by atoms with Crippen molar-refractivity contribution in [3.8, 4) is 11.6 Å². The van der Waals surface area contributed by atoms with Gasteiger partial charge in [0.1, 0.15) is 11.3 Å². The molecule has 0 fully saturated rings. The number of methoxy groups -OCH3 is 1. The monoisotopic (exact) mass is 476 g/mol. The summed E-state index contributed by atoms with van der Waals surface area (Å²) in [5.41, 5.74) is 2.70. The normalized spacial score (nSPS) is 11.3. The van der Waals surface area contributed by atoms with Gasteiger partial charge in [-0.15, -0.1) is 0 Å². The molecule has 0 saturated carbocycles. The Kier molecular flexibility index (Phi) is 4.16. The first-order chi connectivity index (χ1) is 10.1. The molecule has 0 spiro atoms. The molecule has 2 aromatic heterocycles. The van der Waals surface area contributed by atoms with Gasteiger partial charge in [0, 0.05) is 0 Å². The van der Waals surface area contributed by atoms with Crippen LogP contribution in [0, 0.1) is 0 Å². The molecule has 0 saturated heterocycles. The maximum Gasteiger partial charge on any atom is 0.214 e. The Morgan fingerprint density at radius 1 is 1.10 bits per heavy atom. The van der Waals surface area contributed by atoms with E-state index in [9.17, 15) is 0 Å². The lowest BCUT2D eigenvalue weighted by Gasteiger charge is -2.10. The van der Waals surface area contributed by atoms with Crippen molar-refractivity contribution < 1.29 is 9.47 Å². The van der Waals surface area contributed by atoms with E-state index < -0.39 is 0 Å². The van der Waals surface area contributed by atoms with Crippen LogP contribution >= 0.6 is 47.8 Å². The third-order valence-electron chi connectivity index (χ3n) is 3.17. The maximum absolute atomic E-state index is 5.79. The number of rotatable bonds is 3. The molecule has 2 heterocycles. The zero-order valence-corrected chi connectivity index (χ0v) is 16.0. The Bertz CT molecular complexity index is 845. The second kappa shape index (κ2) is 5.78. The fourth-order valence-electron chi connectivity index (χ4n) is 2.25. The third kappa shape index (κ3) is 2.26. The van der Waals surface area contributed by atoms with Gasteiger partial charge in [-0.2, -0.15) is 0 Å². The molecule has 0 atom stereocenters. The van der Waals surface area contributed by atoms with Crippen LogP contribution in [0.15, 0.2) is 31.7 Å². The zero-order valence-electron chi connectivity index (χ0n) is 11.3. The van der Waals surface area contributed by atoms with Crippen molar-refractivity contribution in [2.75, 3.05) is 13.7 Å². The van der Waals surface area contributed by atoms with Gasteiger partial charge in [0.25, 0.3) is 0 Å². The van der Waals surface area contributed by atoms with Crippen molar-refractivity contribution >= 4 is 64.3 Å². The highest BCUT2D eigenvalue weighted by molar-refractivity contribution is 9.13. The molecule has 21 heavy (non-hydrogen) atoms. The number of benzene rings is 1. The van der Waals surface area contributed by atoms with Crippen LogP contribution in [0.2, 0.25) is 0 Å². The topological polar surface area (TPSA) is 35.8 Å². The predicted octanol–water partition coefficient (Wildman–Crippen LogP) is 5.18. The average molecular weight is 479 g/mol. The van der Waals surface area contributed by atoms with Gasteiger partial charge < -0.3 is 9.47 Å². The summed E-state index contributed by atoms with van der Waals surface area (Å²) in [4.78, 5) is 4.54. The van der Waals surface area contributed by atoms with E-state index in [1.165, 1.54) is 0 Å². The quantitative estimate of drug-likeness (QED) is 0.520. The molecule has 4 nitrogen and oxygen atoms in total. The minimum Gasteiger partial charge on any atom is -0.495 e. The van der Waals surface area contributed by atoms with Crippen LogP contribution in [0.3, 0.4) is 0 Å². The molecule has 0 aliphatic heterocycles. The second-order valence-electron chi connectivity index (χ2n) is 4.29. The predicted molar refractivity (Wildman–Crippen MR) is 93.5 cm³/mol. The molecular weight excluding hydrogens is 468 g/mol. The van der Waals surface area contributed by atoms with Crippen LogP contribution in [-0.2, 0) is 0 Å². The first-order valence-corrected chi connectivity index (χ1v) is 8.61. The molecule has 0 amide bonds. The minimum absolute atomic E-state index is 0.582. The lowest BCUT2D eigenvalue weighted by molar-refractivity contribution is 0.323. The standard InChI is InChI=1S/C14H11Br3N2O2/c1-3-21-14-12(17)10(15)8-6-18-13-7(19(8)14)4-5-9(20-2)11(13)16/h4-6H,3H2,1-2H3. The summed E-state index contributed by atoms with van der Waals surface area (Å²) in [7, 11) is 1.64. The van der Waals surface area contributed by atoms with Crippen LogP contribution in [0.25, 0.3) is 16.6 Å². The van der Waals surface area contributed by atoms with Gasteiger partial charge in [-0.1, -0.05) is 0 Å². The molecule has 0 unspecified atom stereocenters. The van der Waals surface area contributed by atoms with E-state index in [-0.39, 0.29) is 0 Å². The molecule has 110 valence electrons. The summed E-state index contributed by atoms with van der Waals surface area (Å²) in [5.74, 6) is 1.50. The molecule has 7 heteroatoms. The lowest BCUT2D eigenvalue weighted by Crippen LogP contribution is -1.99. The van der Waals surface area contributed by atoms with Crippen LogP contribution in [-0.4, -0.2) is 23.1 Å². The largest absolute Gasteiger partial charge is 0.495 e. The van der Waals surface area contributed by atoms with E-state index in [0.29, 0.717) is 6.61 Å². The Labute approximate surface area is 146 Å². The highest BCUT2D eigenvalue weighted by atomic mass is 79.9. The zero-order chi connectivity index (χ0) is 15.1. The van der Waals surface area contributed by atoms with Crippen molar-refractivity contribution in [3.63, 3.8) is 0 Å². The van der Waals surface area contributed by atoms with E-state index in [0.717, 1.165) is 41.6 Å². The van der Waals surface area contributed by atoms with Crippen LogP contribution in [0.5, 0.6) is 11.6 Å². The number of fused-ring (bicyclic) bond motifs is 3. The first-order valence-electron chi connectivity index (χ1n) is 6.23. The van der Waals surface area contributed by atoms with Crippen LogP contribution in [0.4, 0.5) is 0 Å². The molecule has 0 radical (unpaired) electrons. The Morgan fingerprint density at radius 3 is 2.52 bits per heavy atom. The van der Waals surface area contributed by atoms with E-state index >= 15 is 0 Å². The highest BCUT2D eigenvalue weighted by Crippen LogP contribution is 2.42. The first kappa shape index (κ1) is 15.1. The van der Waals surface area contributed by atoms with Gasteiger partial charge in [0.05, 0.1) is 44.4 Å². The summed E-state index contributed by atoms with van der Waals surface area (Å²) in [5, 5.41) is 0. The lowest BCUT2D eigenvalue weighted by atomic mass is 10.3. The molecule has 0 aliphatic rings. The Hall–Kier alpha value is -0.790. The van der Waals surface area contributed by atoms with E-state index in [1.807, 2.05) is 29.7 Å².